The first kappa shape index (κ1) is 15.7. The van der Waals surface area contributed by atoms with Crippen molar-refractivity contribution in [3.05, 3.63) is 34.4 Å². The van der Waals surface area contributed by atoms with Crippen LogP contribution in [0.3, 0.4) is 0 Å². The molecule has 0 unspecified atom stereocenters. The lowest BCUT2D eigenvalue weighted by molar-refractivity contribution is -0.0983. The molecule has 2 saturated carbocycles. The summed E-state index contributed by atoms with van der Waals surface area (Å²) in [5, 5.41) is 0. The lowest BCUT2D eigenvalue weighted by atomic mass is 9.43. The molecule has 0 aromatic heterocycles. The fourth-order valence-corrected chi connectivity index (χ4v) is 7.66. The average molecular weight is 311 g/mol. The van der Waals surface area contributed by atoms with Crippen molar-refractivity contribution in [1.82, 2.24) is 0 Å². The van der Waals surface area contributed by atoms with Gasteiger partial charge >= 0.3 is 0 Å². The van der Waals surface area contributed by atoms with Gasteiger partial charge in [0.25, 0.3) is 0 Å². The first-order valence-electron chi connectivity index (χ1n) is 9.79. The Balaban J connectivity index is 1.84. The van der Waals surface area contributed by atoms with E-state index in [9.17, 15) is 0 Å². The largest absolute Gasteiger partial charge is 0.0596 e. The van der Waals surface area contributed by atoms with Gasteiger partial charge in [-0.15, -0.1) is 0 Å². The molecule has 0 spiro atoms. The molecule has 2 fully saturated rings. The van der Waals surface area contributed by atoms with Gasteiger partial charge in [-0.05, 0) is 90.7 Å². The van der Waals surface area contributed by atoms with Crippen LogP contribution < -0.4 is 0 Å². The number of hydrogen-bond donors (Lipinski definition) is 0. The highest BCUT2D eigenvalue weighted by Crippen LogP contribution is 2.67. The van der Waals surface area contributed by atoms with Gasteiger partial charge in [-0.3, -0.25) is 0 Å². The van der Waals surface area contributed by atoms with E-state index in [0.717, 1.165) is 11.8 Å². The number of fused-ring (bicyclic) bond motifs is 5. The number of rotatable bonds is 0. The van der Waals surface area contributed by atoms with Crippen LogP contribution in [0.4, 0.5) is 0 Å². The zero-order valence-electron chi connectivity index (χ0n) is 16.1. The van der Waals surface area contributed by atoms with E-state index in [4.69, 9.17) is 0 Å². The predicted octanol–water partition coefficient (Wildman–Crippen LogP) is 6.36. The SMILES string of the molecule is Cc1cc(C)c2c(c1)C[C@H]1[C@@]3(C)CCCC(C)(C)[C@@H]3CC[C@@]21C. The van der Waals surface area contributed by atoms with Gasteiger partial charge in [0, 0.05) is 0 Å². The van der Waals surface area contributed by atoms with Crippen molar-refractivity contribution < 1.29 is 0 Å². The van der Waals surface area contributed by atoms with Crippen molar-refractivity contribution in [3.8, 4) is 0 Å². The van der Waals surface area contributed by atoms with E-state index >= 15 is 0 Å². The van der Waals surface area contributed by atoms with Crippen LogP contribution in [0.1, 0.15) is 82.1 Å². The van der Waals surface area contributed by atoms with Crippen LogP contribution in [0.5, 0.6) is 0 Å². The molecule has 0 bridgehead atoms. The van der Waals surface area contributed by atoms with E-state index < -0.39 is 0 Å². The van der Waals surface area contributed by atoms with Crippen LogP contribution in [0, 0.1) is 36.5 Å². The van der Waals surface area contributed by atoms with Crippen molar-refractivity contribution in [3.63, 3.8) is 0 Å². The van der Waals surface area contributed by atoms with Gasteiger partial charge in [-0.1, -0.05) is 51.8 Å². The first-order chi connectivity index (χ1) is 10.7. The van der Waals surface area contributed by atoms with Crippen molar-refractivity contribution >= 4 is 0 Å². The lowest BCUT2D eigenvalue weighted by Gasteiger charge is -2.61. The summed E-state index contributed by atoms with van der Waals surface area (Å²) in [6, 6.07) is 4.92. The predicted molar refractivity (Wildman–Crippen MR) is 98.9 cm³/mol. The highest BCUT2D eigenvalue weighted by molar-refractivity contribution is 5.49. The van der Waals surface area contributed by atoms with Crippen molar-refractivity contribution in [2.45, 2.75) is 85.5 Å². The molecule has 0 N–H and O–H groups in total. The Hall–Kier alpha value is -0.780. The molecule has 23 heavy (non-hydrogen) atoms. The minimum atomic E-state index is 0.422. The third kappa shape index (κ3) is 1.96. The molecular formula is C23H34. The van der Waals surface area contributed by atoms with Crippen LogP contribution >= 0.6 is 0 Å². The highest BCUT2D eigenvalue weighted by atomic mass is 14.6. The van der Waals surface area contributed by atoms with Crippen molar-refractivity contribution in [2.24, 2.45) is 22.7 Å². The van der Waals surface area contributed by atoms with Crippen molar-refractivity contribution in [1.29, 1.82) is 0 Å². The molecule has 126 valence electrons. The molecular weight excluding hydrogens is 276 g/mol. The molecule has 3 aliphatic rings. The normalized spacial score (nSPS) is 41.1. The zero-order valence-corrected chi connectivity index (χ0v) is 16.1. The van der Waals surface area contributed by atoms with Gasteiger partial charge < -0.3 is 0 Å². The van der Waals surface area contributed by atoms with Crippen molar-refractivity contribution in [2.75, 3.05) is 0 Å². The monoisotopic (exact) mass is 310 g/mol. The van der Waals surface area contributed by atoms with Gasteiger partial charge in [-0.25, -0.2) is 0 Å². The summed E-state index contributed by atoms with van der Waals surface area (Å²) >= 11 is 0. The molecule has 0 heterocycles. The summed E-state index contributed by atoms with van der Waals surface area (Å²) in [7, 11) is 0. The molecule has 4 rings (SSSR count). The molecule has 3 aliphatic carbocycles. The van der Waals surface area contributed by atoms with Gasteiger partial charge in [0.1, 0.15) is 0 Å². The molecule has 0 radical (unpaired) electrons. The van der Waals surface area contributed by atoms with Gasteiger partial charge in [-0.2, -0.15) is 0 Å². The quantitative estimate of drug-likeness (QED) is 0.523. The Morgan fingerprint density at radius 1 is 0.913 bits per heavy atom. The third-order valence-electron chi connectivity index (χ3n) is 8.35. The Morgan fingerprint density at radius 2 is 1.65 bits per heavy atom. The second-order valence-electron chi connectivity index (χ2n) is 10.2. The molecule has 0 aliphatic heterocycles. The highest BCUT2D eigenvalue weighted by Gasteiger charge is 2.61. The van der Waals surface area contributed by atoms with E-state index in [1.165, 1.54) is 44.1 Å². The number of benzene rings is 1. The second kappa shape index (κ2) is 4.64. The summed E-state index contributed by atoms with van der Waals surface area (Å²) in [6.07, 6.45) is 8.48. The maximum Gasteiger partial charge on any atom is -0.00331 e. The molecule has 0 amide bonds. The Morgan fingerprint density at radius 3 is 2.39 bits per heavy atom. The maximum atomic E-state index is 2.66. The van der Waals surface area contributed by atoms with Gasteiger partial charge in [0.2, 0.25) is 0 Å². The summed E-state index contributed by atoms with van der Waals surface area (Å²) in [5.41, 5.74) is 7.92. The minimum absolute atomic E-state index is 0.422. The van der Waals surface area contributed by atoms with Crippen LogP contribution in [-0.2, 0) is 11.8 Å². The number of aryl methyl sites for hydroxylation is 2. The lowest BCUT2D eigenvalue weighted by Crippen LogP contribution is -2.55. The average Bonchev–Trinajstić information content (AvgIpc) is 2.71. The molecule has 0 saturated heterocycles. The minimum Gasteiger partial charge on any atom is -0.0596 e. The van der Waals surface area contributed by atoms with E-state index in [0.29, 0.717) is 16.2 Å². The summed E-state index contributed by atoms with van der Waals surface area (Å²) in [5.74, 6) is 1.77. The van der Waals surface area contributed by atoms with E-state index in [1.54, 1.807) is 16.7 Å². The Bertz CT molecular complexity index is 652. The number of hydrogen-bond acceptors (Lipinski definition) is 0. The van der Waals surface area contributed by atoms with E-state index in [2.05, 4.69) is 53.7 Å². The van der Waals surface area contributed by atoms with Gasteiger partial charge in [0.05, 0.1) is 0 Å². The Labute approximate surface area is 143 Å². The fraction of sp³-hybridized carbons (Fsp3) is 0.739. The summed E-state index contributed by atoms with van der Waals surface area (Å²) in [4.78, 5) is 0. The van der Waals surface area contributed by atoms with Crippen LogP contribution in [0.15, 0.2) is 12.1 Å². The summed E-state index contributed by atoms with van der Waals surface area (Å²) < 4.78 is 0. The standard InChI is InChI=1S/C23H34/c1-15-12-16(2)20-17(13-15)14-19-22(5)10-7-9-21(3,4)18(22)8-11-23(19,20)6/h12-13,18-19H,7-11,14H2,1-6H3/t18-,19-,22-,23+/m0/s1. The molecule has 4 atom stereocenters. The maximum absolute atomic E-state index is 2.66. The van der Waals surface area contributed by atoms with Crippen LogP contribution in [0.25, 0.3) is 0 Å². The van der Waals surface area contributed by atoms with E-state index in [1.807, 2.05) is 0 Å². The molecule has 0 nitrogen and oxygen atoms in total. The molecule has 0 heteroatoms. The van der Waals surface area contributed by atoms with Crippen LogP contribution in [-0.4, -0.2) is 0 Å². The third-order valence-corrected chi connectivity index (χ3v) is 8.35. The second-order valence-corrected chi connectivity index (χ2v) is 10.2. The molecule has 1 aromatic carbocycles. The summed E-state index contributed by atoms with van der Waals surface area (Å²) in [6.45, 7) is 15.0. The van der Waals surface area contributed by atoms with Crippen LogP contribution in [0.2, 0.25) is 0 Å². The molecule has 1 aromatic rings. The topological polar surface area (TPSA) is 0 Å². The van der Waals surface area contributed by atoms with E-state index in [-0.39, 0.29) is 0 Å². The van der Waals surface area contributed by atoms with Gasteiger partial charge in [0.15, 0.2) is 0 Å². The Kier molecular flexibility index (Phi) is 3.18. The first-order valence-corrected chi connectivity index (χ1v) is 9.79. The fourth-order valence-electron chi connectivity index (χ4n) is 7.66. The smallest absolute Gasteiger partial charge is 0.00331 e. The zero-order chi connectivity index (χ0) is 16.6.